The number of aryl methyl sites for hydroxylation is 3. The fourth-order valence-corrected chi connectivity index (χ4v) is 3.40. The van der Waals surface area contributed by atoms with Crippen LogP contribution in [0.2, 0.25) is 0 Å². The Balaban J connectivity index is 2.19. The Labute approximate surface area is 150 Å². The predicted octanol–water partition coefficient (Wildman–Crippen LogP) is 3.22. The standard InChI is InChI=1S/C20H19N5O/c1-4-13-9-10-16-20(24-13)25-17(11(2)22-16)12(3)23-19(25)15-8-6-5-7-14(15)18(21)26/h5-10H,4H2,1-3H3,(H2,21,26). The molecule has 3 aromatic heterocycles. The zero-order valence-corrected chi connectivity index (χ0v) is 14.9. The van der Waals surface area contributed by atoms with Crippen LogP contribution < -0.4 is 5.73 Å². The molecule has 0 atom stereocenters. The molecule has 0 saturated carbocycles. The average molecular weight is 345 g/mol. The summed E-state index contributed by atoms with van der Waals surface area (Å²) in [5.74, 6) is 0.176. The molecule has 0 radical (unpaired) electrons. The molecule has 0 saturated heterocycles. The molecule has 1 aromatic carbocycles. The van der Waals surface area contributed by atoms with Crippen molar-refractivity contribution in [2.24, 2.45) is 5.73 Å². The van der Waals surface area contributed by atoms with Gasteiger partial charge in [-0.1, -0.05) is 25.1 Å². The van der Waals surface area contributed by atoms with E-state index in [1.54, 1.807) is 12.1 Å². The number of imidazole rings is 1. The van der Waals surface area contributed by atoms with Gasteiger partial charge >= 0.3 is 0 Å². The number of amides is 1. The number of nitrogens with zero attached hydrogens (tertiary/aromatic N) is 4. The van der Waals surface area contributed by atoms with E-state index in [1.807, 2.05) is 42.5 Å². The molecule has 130 valence electrons. The van der Waals surface area contributed by atoms with Gasteiger partial charge in [0.25, 0.3) is 0 Å². The zero-order chi connectivity index (χ0) is 18.4. The van der Waals surface area contributed by atoms with E-state index in [-0.39, 0.29) is 0 Å². The van der Waals surface area contributed by atoms with Crippen molar-refractivity contribution in [1.82, 2.24) is 19.4 Å². The third-order valence-corrected chi connectivity index (χ3v) is 4.60. The van der Waals surface area contributed by atoms with Crippen LogP contribution in [0.15, 0.2) is 36.4 Å². The molecular formula is C20H19N5O. The highest BCUT2D eigenvalue weighted by atomic mass is 16.1. The van der Waals surface area contributed by atoms with Crippen LogP contribution in [0.3, 0.4) is 0 Å². The summed E-state index contributed by atoms with van der Waals surface area (Å²) in [4.78, 5) is 26.1. The fraction of sp³-hybridized carbons (Fsp3) is 0.200. The molecule has 1 amide bonds. The van der Waals surface area contributed by atoms with Crippen molar-refractivity contribution in [1.29, 1.82) is 0 Å². The lowest BCUT2D eigenvalue weighted by atomic mass is 10.1. The molecule has 26 heavy (non-hydrogen) atoms. The number of carbonyl (C=O) groups excluding carboxylic acids is 1. The van der Waals surface area contributed by atoms with E-state index in [1.165, 1.54) is 0 Å². The van der Waals surface area contributed by atoms with Crippen LogP contribution in [0.25, 0.3) is 28.1 Å². The minimum absolute atomic E-state index is 0.439. The maximum atomic E-state index is 11.9. The summed E-state index contributed by atoms with van der Waals surface area (Å²) >= 11 is 0. The van der Waals surface area contributed by atoms with Gasteiger partial charge in [0.05, 0.1) is 22.5 Å². The Bertz CT molecular complexity index is 1180. The summed E-state index contributed by atoms with van der Waals surface area (Å²) in [6, 6.07) is 11.2. The third kappa shape index (κ3) is 2.34. The maximum absolute atomic E-state index is 11.9. The van der Waals surface area contributed by atoms with Crippen molar-refractivity contribution in [3.8, 4) is 11.4 Å². The second-order valence-electron chi connectivity index (χ2n) is 6.31. The lowest BCUT2D eigenvalue weighted by Crippen LogP contribution is -2.13. The van der Waals surface area contributed by atoms with Crippen LogP contribution in [-0.2, 0) is 6.42 Å². The Morgan fingerprint density at radius 1 is 1.04 bits per heavy atom. The van der Waals surface area contributed by atoms with Crippen LogP contribution in [0, 0.1) is 13.8 Å². The number of primary amides is 1. The van der Waals surface area contributed by atoms with Crippen molar-refractivity contribution in [2.75, 3.05) is 0 Å². The highest BCUT2D eigenvalue weighted by Crippen LogP contribution is 2.29. The van der Waals surface area contributed by atoms with Gasteiger partial charge in [0.15, 0.2) is 5.65 Å². The summed E-state index contributed by atoms with van der Waals surface area (Å²) in [7, 11) is 0. The molecule has 0 bridgehead atoms. The molecule has 6 heteroatoms. The summed E-state index contributed by atoms with van der Waals surface area (Å²) in [5, 5.41) is 0. The number of hydrogen-bond donors (Lipinski definition) is 1. The summed E-state index contributed by atoms with van der Waals surface area (Å²) in [6.45, 7) is 5.96. The number of fused-ring (bicyclic) bond motifs is 3. The molecule has 2 N–H and O–H groups in total. The second kappa shape index (κ2) is 5.91. The average Bonchev–Trinajstić information content (AvgIpc) is 2.99. The summed E-state index contributed by atoms with van der Waals surface area (Å²) in [5.41, 5.74) is 11.8. The molecule has 3 heterocycles. The van der Waals surface area contributed by atoms with Gasteiger partial charge in [-0.3, -0.25) is 9.20 Å². The van der Waals surface area contributed by atoms with Crippen LogP contribution in [0.4, 0.5) is 0 Å². The predicted molar refractivity (Wildman–Crippen MR) is 101 cm³/mol. The Hall–Kier alpha value is -3.28. The number of aromatic nitrogens is 4. The largest absolute Gasteiger partial charge is 0.366 e. The van der Waals surface area contributed by atoms with Crippen LogP contribution in [-0.4, -0.2) is 25.3 Å². The van der Waals surface area contributed by atoms with Gasteiger partial charge in [0, 0.05) is 11.3 Å². The van der Waals surface area contributed by atoms with Gasteiger partial charge < -0.3 is 5.73 Å². The van der Waals surface area contributed by atoms with Crippen molar-refractivity contribution >= 4 is 22.6 Å². The molecule has 4 rings (SSSR count). The molecule has 0 aliphatic carbocycles. The number of pyridine rings is 1. The van der Waals surface area contributed by atoms with Crippen molar-refractivity contribution in [3.63, 3.8) is 0 Å². The van der Waals surface area contributed by atoms with Crippen molar-refractivity contribution in [2.45, 2.75) is 27.2 Å². The van der Waals surface area contributed by atoms with Gasteiger partial charge in [-0.25, -0.2) is 15.0 Å². The third-order valence-electron chi connectivity index (χ3n) is 4.60. The van der Waals surface area contributed by atoms with E-state index in [0.717, 1.165) is 40.2 Å². The number of rotatable bonds is 3. The first-order chi connectivity index (χ1) is 12.5. The highest BCUT2D eigenvalue weighted by Gasteiger charge is 2.20. The van der Waals surface area contributed by atoms with Gasteiger partial charge in [-0.05, 0) is 38.5 Å². The molecular weight excluding hydrogens is 326 g/mol. The van der Waals surface area contributed by atoms with Gasteiger partial charge in [-0.2, -0.15) is 0 Å². The minimum atomic E-state index is -0.479. The first-order valence-corrected chi connectivity index (χ1v) is 8.55. The maximum Gasteiger partial charge on any atom is 0.249 e. The molecule has 0 spiro atoms. The molecule has 0 aliphatic rings. The Morgan fingerprint density at radius 3 is 2.50 bits per heavy atom. The van der Waals surface area contributed by atoms with E-state index < -0.39 is 5.91 Å². The minimum Gasteiger partial charge on any atom is -0.366 e. The Morgan fingerprint density at radius 2 is 1.77 bits per heavy atom. The fourth-order valence-electron chi connectivity index (χ4n) is 3.40. The number of carbonyl (C=O) groups is 1. The number of hydrogen-bond acceptors (Lipinski definition) is 4. The van der Waals surface area contributed by atoms with Gasteiger partial charge in [0.2, 0.25) is 5.91 Å². The molecule has 0 aliphatic heterocycles. The van der Waals surface area contributed by atoms with E-state index in [4.69, 9.17) is 15.7 Å². The van der Waals surface area contributed by atoms with E-state index in [9.17, 15) is 4.79 Å². The monoisotopic (exact) mass is 345 g/mol. The smallest absolute Gasteiger partial charge is 0.249 e. The quantitative estimate of drug-likeness (QED) is 0.618. The normalized spacial score (nSPS) is 11.3. The summed E-state index contributed by atoms with van der Waals surface area (Å²) in [6.07, 6.45) is 0.826. The number of nitrogens with two attached hydrogens (primary N) is 1. The first-order valence-electron chi connectivity index (χ1n) is 8.55. The van der Waals surface area contributed by atoms with Crippen molar-refractivity contribution < 1.29 is 4.79 Å². The number of benzene rings is 1. The van der Waals surface area contributed by atoms with Crippen LogP contribution in [0.5, 0.6) is 0 Å². The topological polar surface area (TPSA) is 86.2 Å². The molecule has 6 nitrogen and oxygen atoms in total. The lowest BCUT2D eigenvalue weighted by Gasteiger charge is -2.10. The van der Waals surface area contributed by atoms with Crippen LogP contribution in [0.1, 0.15) is 34.4 Å². The second-order valence-corrected chi connectivity index (χ2v) is 6.31. The zero-order valence-electron chi connectivity index (χ0n) is 14.9. The van der Waals surface area contributed by atoms with E-state index in [2.05, 4.69) is 11.9 Å². The van der Waals surface area contributed by atoms with E-state index in [0.29, 0.717) is 17.0 Å². The highest BCUT2D eigenvalue weighted by molar-refractivity contribution is 5.99. The molecule has 0 fully saturated rings. The SMILES string of the molecule is CCc1ccc2nc(C)c3c(C)nc(-c4ccccc4C(N)=O)n3c2n1. The lowest BCUT2D eigenvalue weighted by molar-refractivity contribution is 0.100. The van der Waals surface area contributed by atoms with E-state index >= 15 is 0 Å². The molecule has 0 unspecified atom stereocenters. The first kappa shape index (κ1) is 16.2. The molecule has 4 aromatic rings. The van der Waals surface area contributed by atoms with Crippen LogP contribution >= 0.6 is 0 Å². The van der Waals surface area contributed by atoms with Gasteiger partial charge in [-0.15, -0.1) is 0 Å². The Kier molecular flexibility index (Phi) is 3.68. The van der Waals surface area contributed by atoms with Gasteiger partial charge in [0.1, 0.15) is 11.3 Å². The van der Waals surface area contributed by atoms with Crippen molar-refractivity contribution in [3.05, 3.63) is 59.0 Å². The summed E-state index contributed by atoms with van der Waals surface area (Å²) < 4.78 is 1.99.